The van der Waals surface area contributed by atoms with Gasteiger partial charge in [0, 0.05) is 60.0 Å². The number of carbonyl (C=O) groups excluding carboxylic acids is 1. The minimum atomic E-state index is -0.945. The molecule has 2 saturated heterocycles. The van der Waals surface area contributed by atoms with Crippen molar-refractivity contribution in [3.63, 3.8) is 0 Å². The lowest BCUT2D eigenvalue weighted by Crippen LogP contribution is -2.49. The summed E-state index contributed by atoms with van der Waals surface area (Å²) in [5.74, 6) is -0.925. The van der Waals surface area contributed by atoms with Crippen LogP contribution in [0.4, 0.5) is 10.2 Å². The van der Waals surface area contributed by atoms with Crippen LogP contribution in [-0.4, -0.2) is 83.1 Å². The minimum Gasteiger partial charge on any atom is -0.462 e. The Kier molecular flexibility index (Phi) is 7.48. The number of amides is 1. The number of likely N-dealkylation sites (tertiary alicyclic amines) is 1. The molecule has 4 aromatic rings. The molecule has 8 nitrogen and oxygen atoms in total. The molecule has 2 fully saturated rings. The van der Waals surface area contributed by atoms with E-state index in [2.05, 4.69) is 23.4 Å². The Morgan fingerprint density at radius 1 is 1.12 bits per heavy atom. The van der Waals surface area contributed by atoms with Gasteiger partial charge in [0.25, 0.3) is 5.91 Å². The van der Waals surface area contributed by atoms with Crippen molar-refractivity contribution in [2.45, 2.75) is 25.8 Å². The molecule has 1 amide bonds. The Balaban J connectivity index is 1.42. The molecule has 0 saturated carbocycles. The molecule has 10 heteroatoms. The molecular formula is C31H32ClFN6O2. The maximum Gasteiger partial charge on any atom is 0.319 e. The second-order valence-electron chi connectivity index (χ2n) is 10.7. The first-order valence-electron chi connectivity index (χ1n) is 13.9. The summed E-state index contributed by atoms with van der Waals surface area (Å²) < 4.78 is 19.7. The van der Waals surface area contributed by atoms with Gasteiger partial charge >= 0.3 is 6.01 Å². The van der Waals surface area contributed by atoms with Crippen LogP contribution in [0.15, 0.2) is 55.0 Å². The highest BCUT2D eigenvalue weighted by molar-refractivity contribution is 6.36. The van der Waals surface area contributed by atoms with Gasteiger partial charge in [0.05, 0.1) is 16.6 Å². The molecule has 0 aliphatic carbocycles. The zero-order valence-electron chi connectivity index (χ0n) is 23.2. The molecule has 41 heavy (non-hydrogen) atoms. The third-order valence-corrected chi connectivity index (χ3v) is 8.54. The summed E-state index contributed by atoms with van der Waals surface area (Å²) in [7, 11) is 2.11. The molecule has 2 aromatic heterocycles. The number of piperazine rings is 1. The van der Waals surface area contributed by atoms with Crippen LogP contribution in [0.2, 0.25) is 5.02 Å². The Morgan fingerprint density at radius 3 is 2.59 bits per heavy atom. The van der Waals surface area contributed by atoms with E-state index in [9.17, 15) is 9.18 Å². The molecule has 0 bridgehead atoms. The lowest BCUT2D eigenvalue weighted by molar-refractivity contribution is -0.128. The highest BCUT2D eigenvalue weighted by Crippen LogP contribution is 2.38. The van der Waals surface area contributed by atoms with Gasteiger partial charge in [-0.2, -0.15) is 9.97 Å². The lowest BCUT2D eigenvalue weighted by atomic mass is 9.98. The predicted octanol–water partition coefficient (Wildman–Crippen LogP) is 5.41. The van der Waals surface area contributed by atoms with Gasteiger partial charge in [-0.3, -0.25) is 9.78 Å². The molecule has 1 atom stereocenters. The number of rotatable bonds is 6. The number of hydrogen-bond acceptors (Lipinski definition) is 7. The average Bonchev–Trinajstić information content (AvgIpc) is 3.40. The van der Waals surface area contributed by atoms with Crippen molar-refractivity contribution >= 4 is 45.0 Å². The van der Waals surface area contributed by atoms with Crippen LogP contribution in [0.1, 0.15) is 18.4 Å². The van der Waals surface area contributed by atoms with Gasteiger partial charge in [0.2, 0.25) is 0 Å². The molecule has 0 unspecified atom stereocenters. The first-order chi connectivity index (χ1) is 19.8. The van der Waals surface area contributed by atoms with Crippen LogP contribution in [-0.2, 0) is 4.79 Å². The van der Waals surface area contributed by atoms with Crippen LogP contribution >= 0.6 is 11.6 Å². The van der Waals surface area contributed by atoms with E-state index in [0.29, 0.717) is 55.7 Å². The normalized spacial score (nSPS) is 17.9. The first kappa shape index (κ1) is 27.4. The van der Waals surface area contributed by atoms with Crippen molar-refractivity contribution in [3.05, 3.63) is 65.6 Å². The Hall–Kier alpha value is -3.82. The highest BCUT2D eigenvalue weighted by Gasteiger charge is 2.27. The van der Waals surface area contributed by atoms with Gasteiger partial charge < -0.3 is 19.4 Å². The van der Waals surface area contributed by atoms with E-state index >= 15 is 0 Å². The molecule has 2 aliphatic rings. The largest absolute Gasteiger partial charge is 0.462 e. The maximum atomic E-state index is 13.5. The minimum absolute atomic E-state index is 0.305. The third kappa shape index (κ3) is 5.20. The summed E-state index contributed by atoms with van der Waals surface area (Å²) in [4.78, 5) is 32.6. The van der Waals surface area contributed by atoms with Crippen molar-refractivity contribution in [2.75, 3.05) is 51.3 Å². The van der Waals surface area contributed by atoms with Crippen LogP contribution in [0, 0.1) is 6.92 Å². The van der Waals surface area contributed by atoms with E-state index in [0.717, 1.165) is 57.9 Å². The van der Waals surface area contributed by atoms with E-state index in [1.165, 1.54) is 4.90 Å². The lowest BCUT2D eigenvalue weighted by Gasteiger charge is -2.35. The summed E-state index contributed by atoms with van der Waals surface area (Å²) in [6.07, 6.45) is 4.02. The number of pyridine rings is 1. The Morgan fingerprint density at radius 2 is 1.88 bits per heavy atom. The SMILES string of the molecule is C=C(F)C(=O)N1CCN(c2nc(OC[C@H]3CCCN3C)nc3c(C)c(-c4cccc5cccc(Cl)c45)ncc23)CC1. The fourth-order valence-corrected chi connectivity index (χ4v) is 6.19. The summed E-state index contributed by atoms with van der Waals surface area (Å²) >= 11 is 6.66. The van der Waals surface area contributed by atoms with Gasteiger partial charge in [-0.05, 0) is 44.8 Å². The van der Waals surface area contributed by atoms with E-state index in [-0.39, 0.29) is 0 Å². The summed E-state index contributed by atoms with van der Waals surface area (Å²) in [5.41, 5.74) is 3.36. The summed E-state index contributed by atoms with van der Waals surface area (Å²) in [6.45, 7) is 8.39. The van der Waals surface area contributed by atoms with E-state index in [1.807, 2.05) is 43.3 Å². The van der Waals surface area contributed by atoms with Gasteiger partial charge in [-0.15, -0.1) is 0 Å². The smallest absolute Gasteiger partial charge is 0.319 e. The van der Waals surface area contributed by atoms with Crippen molar-refractivity contribution in [2.24, 2.45) is 0 Å². The van der Waals surface area contributed by atoms with Gasteiger partial charge in [-0.1, -0.05) is 48.5 Å². The number of benzene rings is 2. The van der Waals surface area contributed by atoms with E-state index < -0.39 is 11.7 Å². The van der Waals surface area contributed by atoms with Gasteiger partial charge in [-0.25, -0.2) is 4.39 Å². The van der Waals surface area contributed by atoms with E-state index in [1.54, 1.807) is 6.20 Å². The Bertz CT molecular complexity index is 1650. The van der Waals surface area contributed by atoms with Crippen molar-refractivity contribution < 1.29 is 13.9 Å². The number of ether oxygens (including phenoxy) is 1. The second-order valence-corrected chi connectivity index (χ2v) is 11.1. The van der Waals surface area contributed by atoms with Crippen molar-refractivity contribution in [3.8, 4) is 17.3 Å². The van der Waals surface area contributed by atoms with Crippen molar-refractivity contribution in [1.29, 1.82) is 0 Å². The van der Waals surface area contributed by atoms with Crippen molar-refractivity contribution in [1.82, 2.24) is 24.8 Å². The van der Waals surface area contributed by atoms with Crippen LogP contribution in [0.3, 0.4) is 0 Å². The fourth-order valence-electron chi connectivity index (χ4n) is 5.90. The van der Waals surface area contributed by atoms with Crippen LogP contribution in [0.25, 0.3) is 32.9 Å². The first-order valence-corrected chi connectivity index (χ1v) is 14.3. The number of fused-ring (bicyclic) bond motifs is 2. The molecule has 2 aliphatic heterocycles. The topological polar surface area (TPSA) is 74.7 Å². The molecule has 0 radical (unpaired) electrons. The number of likely N-dealkylation sites (N-methyl/N-ethyl adjacent to an activating group) is 1. The molecular weight excluding hydrogens is 543 g/mol. The quantitative estimate of drug-likeness (QED) is 0.285. The zero-order chi connectivity index (χ0) is 28.7. The number of carbonyl (C=O) groups is 1. The molecule has 0 spiro atoms. The summed E-state index contributed by atoms with van der Waals surface area (Å²) in [5, 5.41) is 3.43. The summed E-state index contributed by atoms with van der Waals surface area (Å²) in [6, 6.07) is 12.6. The number of aryl methyl sites for hydroxylation is 1. The van der Waals surface area contributed by atoms with Gasteiger partial charge in [0.1, 0.15) is 12.4 Å². The molecule has 0 N–H and O–H groups in total. The fraction of sp³-hybridized carbons (Fsp3) is 0.355. The van der Waals surface area contributed by atoms with Gasteiger partial charge in [0.15, 0.2) is 5.83 Å². The predicted molar refractivity (Wildman–Crippen MR) is 160 cm³/mol. The number of hydrogen-bond donors (Lipinski definition) is 0. The molecule has 6 rings (SSSR count). The molecule has 2 aromatic carbocycles. The van der Waals surface area contributed by atoms with Crippen LogP contribution in [0.5, 0.6) is 6.01 Å². The standard InChI is InChI=1S/C31H32ClFN6O2/c1-19-27(23-10-4-7-21-8-5-11-25(32)26(21)23)34-17-24-28(19)35-31(41-18-22-9-6-12-37(22)3)36-29(24)38-13-15-39(16-14-38)30(40)20(2)33/h4-5,7-8,10-11,17,22H,2,6,9,12-16,18H2,1,3H3/t22-/m1/s1. The Labute approximate surface area is 243 Å². The molecule has 4 heterocycles. The highest BCUT2D eigenvalue weighted by atomic mass is 35.5. The number of anilines is 1. The zero-order valence-corrected chi connectivity index (χ0v) is 24.0. The molecule has 212 valence electrons. The number of aromatic nitrogens is 3. The van der Waals surface area contributed by atoms with Crippen LogP contribution < -0.4 is 9.64 Å². The monoisotopic (exact) mass is 574 g/mol. The third-order valence-electron chi connectivity index (χ3n) is 8.22. The number of halogens is 2. The van der Waals surface area contributed by atoms with E-state index in [4.69, 9.17) is 31.3 Å². The second kappa shape index (κ2) is 11.2. The number of nitrogens with zero attached hydrogens (tertiary/aromatic N) is 6. The average molecular weight is 575 g/mol. The maximum absolute atomic E-state index is 13.5.